The molecular formula is C12H13N7S. The predicted molar refractivity (Wildman–Crippen MR) is 81.0 cm³/mol. The van der Waals surface area contributed by atoms with Crippen LogP contribution in [-0.4, -0.2) is 26.4 Å². The number of para-hydroxylation sites is 1. The first-order chi connectivity index (χ1) is 9.81. The van der Waals surface area contributed by atoms with Crippen molar-refractivity contribution in [3.8, 4) is 0 Å². The molecule has 2 heterocycles. The molecule has 1 aromatic carbocycles. The number of nitrogens with two attached hydrogens (primary N) is 1. The summed E-state index contributed by atoms with van der Waals surface area (Å²) < 4.78 is 0. The minimum absolute atomic E-state index is 0.325. The summed E-state index contributed by atoms with van der Waals surface area (Å²) in [5.74, 6) is 6.36. The highest BCUT2D eigenvalue weighted by Gasteiger charge is 2.10. The van der Waals surface area contributed by atoms with Crippen LogP contribution in [0.3, 0.4) is 0 Å². The van der Waals surface area contributed by atoms with Gasteiger partial charge in [-0.15, -0.1) is 11.8 Å². The Morgan fingerprint density at radius 1 is 1.25 bits per heavy atom. The number of anilines is 3. The fraction of sp³-hybridized carbons (Fsp3) is 0.0833. The molecule has 2 aromatic heterocycles. The molecule has 8 heteroatoms. The van der Waals surface area contributed by atoms with Crippen LogP contribution in [0.5, 0.6) is 0 Å². The summed E-state index contributed by atoms with van der Waals surface area (Å²) in [5.41, 5.74) is 4.05. The summed E-state index contributed by atoms with van der Waals surface area (Å²) in [6.07, 6.45) is 3.71. The smallest absolute Gasteiger partial charge is 0.241 e. The largest absolute Gasteiger partial charge is 0.339 e. The lowest BCUT2D eigenvalue weighted by Crippen LogP contribution is -2.11. The number of nitrogens with one attached hydrogen (secondary N) is 3. The maximum atomic E-state index is 5.39. The second-order valence-corrected chi connectivity index (χ2v) is 4.85. The number of hydrogen-bond donors (Lipinski definition) is 4. The first-order valence-electron chi connectivity index (χ1n) is 5.89. The lowest BCUT2D eigenvalue weighted by Gasteiger charge is -2.11. The summed E-state index contributed by atoms with van der Waals surface area (Å²) in [5, 5.41) is 10.9. The number of nitrogens with zero attached hydrogens (tertiary/aromatic N) is 3. The zero-order valence-electron chi connectivity index (χ0n) is 10.7. The van der Waals surface area contributed by atoms with Gasteiger partial charge in [-0.3, -0.25) is 10.5 Å². The molecule has 0 saturated heterocycles. The molecule has 0 aliphatic rings. The van der Waals surface area contributed by atoms with E-state index in [1.54, 1.807) is 18.0 Å². The van der Waals surface area contributed by atoms with Crippen LogP contribution in [0.15, 0.2) is 35.4 Å². The normalized spacial score (nSPS) is 10.7. The molecular weight excluding hydrogens is 274 g/mol. The van der Waals surface area contributed by atoms with Gasteiger partial charge in [0, 0.05) is 4.90 Å². The molecule has 3 aromatic rings. The number of aromatic amines is 1. The predicted octanol–water partition coefficient (Wildman–Crippen LogP) is 2.10. The molecule has 0 atom stereocenters. The van der Waals surface area contributed by atoms with Crippen molar-refractivity contribution in [2.75, 3.05) is 17.0 Å². The fourth-order valence-electron chi connectivity index (χ4n) is 1.87. The van der Waals surface area contributed by atoms with Gasteiger partial charge in [0.05, 0.1) is 17.3 Å². The molecule has 20 heavy (non-hydrogen) atoms. The van der Waals surface area contributed by atoms with Crippen LogP contribution in [0.2, 0.25) is 0 Å². The lowest BCUT2D eigenvalue weighted by atomic mass is 10.3. The standard InChI is InChI=1S/C12H13N7S/c1-20-9-5-3-2-4-8(9)15-10-7-6-14-19-11(7)17-12(16-10)18-13/h2-6H,13H2,1H3,(H3,14,15,16,17,18,19). The summed E-state index contributed by atoms with van der Waals surface area (Å²) in [4.78, 5) is 9.65. The van der Waals surface area contributed by atoms with Gasteiger partial charge in [0.15, 0.2) is 5.65 Å². The highest BCUT2D eigenvalue weighted by Crippen LogP contribution is 2.29. The number of H-pyrrole nitrogens is 1. The Labute approximate surface area is 119 Å². The molecule has 0 aliphatic heterocycles. The number of benzene rings is 1. The average Bonchev–Trinajstić information content (AvgIpc) is 2.96. The van der Waals surface area contributed by atoms with Gasteiger partial charge in [-0.2, -0.15) is 15.1 Å². The molecule has 0 amide bonds. The number of aromatic nitrogens is 4. The topological polar surface area (TPSA) is 105 Å². The van der Waals surface area contributed by atoms with E-state index in [9.17, 15) is 0 Å². The molecule has 0 bridgehead atoms. The van der Waals surface area contributed by atoms with Crippen molar-refractivity contribution in [3.63, 3.8) is 0 Å². The molecule has 0 fully saturated rings. The maximum Gasteiger partial charge on any atom is 0.241 e. The second-order valence-electron chi connectivity index (χ2n) is 4.00. The molecule has 0 aliphatic carbocycles. The van der Waals surface area contributed by atoms with Crippen LogP contribution in [0, 0.1) is 0 Å². The van der Waals surface area contributed by atoms with E-state index in [1.807, 2.05) is 30.5 Å². The monoisotopic (exact) mass is 287 g/mol. The Bertz CT molecular complexity index is 740. The third kappa shape index (κ3) is 2.26. The SMILES string of the molecule is CSc1ccccc1Nc1nc(NN)nc2[nH]ncc12. The van der Waals surface area contributed by atoms with Crippen molar-refractivity contribution in [1.82, 2.24) is 20.2 Å². The van der Waals surface area contributed by atoms with Gasteiger partial charge in [0.25, 0.3) is 0 Å². The third-order valence-electron chi connectivity index (χ3n) is 2.80. The second kappa shape index (κ2) is 5.35. The molecule has 7 nitrogen and oxygen atoms in total. The van der Waals surface area contributed by atoms with Crippen molar-refractivity contribution < 1.29 is 0 Å². The summed E-state index contributed by atoms with van der Waals surface area (Å²) in [6, 6.07) is 8.01. The number of nitrogen functional groups attached to an aromatic ring is 1. The number of hydrogen-bond acceptors (Lipinski definition) is 7. The van der Waals surface area contributed by atoms with Crippen molar-refractivity contribution in [1.29, 1.82) is 0 Å². The minimum atomic E-state index is 0.325. The Kier molecular flexibility index (Phi) is 3.40. The van der Waals surface area contributed by atoms with Crippen molar-refractivity contribution >= 4 is 40.2 Å². The van der Waals surface area contributed by atoms with Gasteiger partial charge < -0.3 is 5.32 Å². The summed E-state index contributed by atoms with van der Waals surface area (Å²) in [6.45, 7) is 0. The fourth-order valence-corrected chi connectivity index (χ4v) is 2.42. The van der Waals surface area contributed by atoms with E-state index in [4.69, 9.17) is 5.84 Å². The van der Waals surface area contributed by atoms with Crippen LogP contribution >= 0.6 is 11.8 Å². The third-order valence-corrected chi connectivity index (χ3v) is 3.59. The van der Waals surface area contributed by atoms with E-state index in [-0.39, 0.29) is 0 Å². The molecule has 0 radical (unpaired) electrons. The Balaban J connectivity index is 2.07. The van der Waals surface area contributed by atoms with Crippen molar-refractivity contribution in [3.05, 3.63) is 30.5 Å². The zero-order chi connectivity index (χ0) is 13.9. The summed E-state index contributed by atoms with van der Waals surface area (Å²) in [7, 11) is 0. The van der Waals surface area contributed by atoms with Crippen molar-refractivity contribution in [2.45, 2.75) is 4.90 Å². The molecule has 0 unspecified atom stereocenters. The van der Waals surface area contributed by atoms with Gasteiger partial charge in [-0.05, 0) is 18.4 Å². The Morgan fingerprint density at radius 2 is 2.10 bits per heavy atom. The van der Waals surface area contributed by atoms with E-state index < -0.39 is 0 Å². The van der Waals surface area contributed by atoms with E-state index >= 15 is 0 Å². The number of hydrazine groups is 1. The van der Waals surface area contributed by atoms with Crippen LogP contribution < -0.4 is 16.6 Å². The number of rotatable bonds is 4. The van der Waals surface area contributed by atoms with Crippen LogP contribution in [0.1, 0.15) is 0 Å². The Morgan fingerprint density at radius 3 is 2.90 bits per heavy atom. The quantitative estimate of drug-likeness (QED) is 0.331. The first-order valence-corrected chi connectivity index (χ1v) is 7.12. The Hall–Kier alpha value is -2.32. The van der Waals surface area contributed by atoms with Crippen LogP contribution in [0.25, 0.3) is 11.0 Å². The minimum Gasteiger partial charge on any atom is -0.339 e. The van der Waals surface area contributed by atoms with E-state index in [1.165, 1.54) is 0 Å². The number of thioether (sulfide) groups is 1. The van der Waals surface area contributed by atoms with E-state index in [0.29, 0.717) is 17.4 Å². The van der Waals surface area contributed by atoms with Gasteiger partial charge in [0.1, 0.15) is 5.82 Å². The molecule has 3 rings (SSSR count). The molecule has 0 saturated carbocycles. The van der Waals surface area contributed by atoms with Crippen molar-refractivity contribution in [2.24, 2.45) is 5.84 Å². The van der Waals surface area contributed by atoms with Gasteiger partial charge >= 0.3 is 0 Å². The highest BCUT2D eigenvalue weighted by molar-refractivity contribution is 7.98. The van der Waals surface area contributed by atoms with Crippen LogP contribution in [-0.2, 0) is 0 Å². The maximum absolute atomic E-state index is 5.39. The molecule has 102 valence electrons. The lowest BCUT2D eigenvalue weighted by molar-refractivity contribution is 1.08. The van der Waals surface area contributed by atoms with Gasteiger partial charge in [0.2, 0.25) is 5.95 Å². The molecule has 5 N–H and O–H groups in total. The molecule has 0 spiro atoms. The van der Waals surface area contributed by atoms with E-state index in [2.05, 4.69) is 30.9 Å². The zero-order valence-corrected chi connectivity index (χ0v) is 11.5. The highest BCUT2D eigenvalue weighted by atomic mass is 32.2. The van der Waals surface area contributed by atoms with Gasteiger partial charge in [-0.1, -0.05) is 12.1 Å². The van der Waals surface area contributed by atoms with E-state index in [0.717, 1.165) is 16.0 Å². The van der Waals surface area contributed by atoms with Gasteiger partial charge in [-0.25, -0.2) is 5.84 Å². The summed E-state index contributed by atoms with van der Waals surface area (Å²) >= 11 is 1.66. The first kappa shape index (κ1) is 12.7. The van der Waals surface area contributed by atoms with Crippen LogP contribution in [0.4, 0.5) is 17.5 Å². The number of fused-ring (bicyclic) bond motifs is 1. The average molecular weight is 287 g/mol.